The number of benzene rings is 1. The van der Waals surface area contributed by atoms with E-state index >= 15 is 0 Å². The maximum atomic E-state index is 12.6. The van der Waals surface area contributed by atoms with Gasteiger partial charge in [-0.2, -0.15) is 0 Å². The van der Waals surface area contributed by atoms with E-state index in [-0.39, 0.29) is 0 Å². The Morgan fingerprint density at radius 2 is 2.05 bits per heavy atom. The second kappa shape index (κ2) is 5.33. The first kappa shape index (κ1) is 12.7. The summed E-state index contributed by atoms with van der Waals surface area (Å²) in [5, 5.41) is 3.36. The molecule has 0 radical (unpaired) electrons. The number of para-hydroxylation sites is 1. The molecule has 0 aliphatic carbocycles. The first-order valence-electron chi connectivity index (χ1n) is 7.36. The van der Waals surface area contributed by atoms with Gasteiger partial charge in [-0.25, -0.2) is 0 Å². The number of fused-ring (bicyclic) bond motifs is 1. The maximum Gasteiger partial charge on any atom is 0.227 e. The summed E-state index contributed by atoms with van der Waals surface area (Å²) >= 11 is 0. The Morgan fingerprint density at radius 1 is 1.32 bits per heavy atom. The lowest BCUT2D eigenvalue weighted by molar-refractivity contribution is -0.120. The molecule has 3 nitrogen and oxygen atoms in total. The highest BCUT2D eigenvalue weighted by Gasteiger charge is 2.31. The van der Waals surface area contributed by atoms with Crippen LogP contribution in [0.5, 0.6) is 0 Å². The van der Waals surface area contributed by atoms with Gasteiger partial charge in [0.05, 0.1) is 0 Å². The van der Waals surface area contributed by atoms with Crippen LogP contribution in [0.4, 0.5) is 5.69 Å². The number of nitrogens with one attached hydrogen (secondary N) is 1. The Kier molecular flexibility index (Phi) is 3.56. The molecule has 3 heteroatoms. The van der Waals surface area contributed by atoms with Crippen molar-refractivity contribution in [2.45, 2.75) is 38.6 Å². The summed E-state index contributed by atoms with van der Waals surface area (Å²) in [6.07, 6.45) is 3.97. The molecule has 1 N–H and O–H groups in total. The van der Waals surface area contributed by atoms with Gasteiger partial charge in [0.15, 0.2) is 0 Å². The van der Waals surface area contributed by atoms with Crippen molar-refractivity contribution in [1.82, 2.24) is 5.32 Å². The van der Waals surface area contributed by atoms with Crippen molar-refractivity contribution in [2.24, 2.45) is 5.92 Å². The molecule has 2 aliphatic rings. The molecule has 0 saturated carbocycles. The van der Waals surface area contributed by atoms with Crippen LogP contribution in [0.25, 0.3) is 0 Å². The molecule has 1 atom stereocenters. The number of piperidine rings is 1. The summed E-state index contributed by atoms with van der Waals surface area (Å²) in [7, 11) is 0. The smallest absolute Gasteiger partial charge is 0.227 e. The van der Waals surface area contributed by atoms with Gasteiger partial charge in [-0.1, -0.05) is 18.2 Å². The molecule has 19 heavy (non-hydrogen) atoms. The van der Waals surface area contributed by atoms with Gasteiger partial charge in [0.2, 0.25) is 5.91 Å². The van der Waals surface area contributed by atoms with Crippen LogP contribution in [-0.4, -0.2) is 25.0 Å². The number of hydrogen-bond donors (Lipinski definition) is 1. The van der Waals surface area contributed by atoms with Gasteiger partial charge in [0.25, 0.3) is 0 Å². The van der Waals surface area contributed by atoms with Crippen molar-refractivity contribution >= 4 is 11.6 Å². The Bertz CT molecular complexity index is 466. The zero-order chi connectivity index (χ0) is 13.2. The summed E-state index contributed by atoms with van der Waals surface area (Å²) in [6, 6.07) is 8.63. The quantitative estimate of drug-likeness (QED) is 0.883. The highest BCUT2D eigenvalue weighted by Crippen LogP contribution is 2.33. The van der Waals surface area contributed by atoms with Crippen molar-refractivity contribution in [3.8, 4) is 0 Å². The third kappa shape index (κ3) is 2.52. The number of carbonyl (C=O) groups excluding carboxylic acids is 1. The monoisotopic (exact) mass is 258 g/mol. The number of rotatable bonds is 2. The number of nitrogens with zero attached hydrogens (tertiary/aromatic N) is 1. The van der Waals surface area contributed by atoms with Crippen LogP contribution in [0.15, 0.2) is 24.3 Å². The highest BCUT2D eigenvalue weighted by atomic mass is 16.2. The van der Waals surface area contributed by atoms with Gasteiger partial charge >= 0.3 is 0 Å². The molecule has 3 rings (SSSR count). The number of hydrogen-bond acceptors (Lipinski definition) is 2. The number of carbonyl (C=O) groups is 1. The summed E-state index contributed by atoms with van der Waals surface area (Å²) < 4.78 is 0. The molecule has 0 aromatic heterocycles. The number of amides is 1. The molecule has 2 heterocycles. The zero-order valence-corrected chi connectivity index (χ0v) is 11.6. The van der Waals surface area contributed by atoms with Crippen LogP contribution >= 0.6 is 0 Å². The molecular weight excluding hydrogens is 236 g/mol. The van der Waals surface area contributed by atoms with E-state index in [9.17, 15) is 4.79 Å². The molecule has 0 bridgehead atoms. The normalized spacial score (nSPS) is 23.4. The maximum absolute atomic E-state index is 12.6. The average Bonchev–Trinajstić information content (AvgIpc) is 2.75. The van der Waals surface area contributed by atoms with Gasteiger partial charge in [0, 0.05) is 18.2 Å². The van der Waals surface area contributed by atoms with E-state index < -0.39 is 0 Å². The highest BCUT2D eigenvalue weighted by molar-refractivity contribution is 5.96. The van der Waals surface area contributed by atoms with E-state index in [2.05, 4.69) is 30.4 Å². The standard InChI is InChI=1S/C16H22N2O/c1-12-10-14-4-2-3-5-15(14)18(12)16(19)11-13-6-8-17-9-7-13/h2-5,12-13,17H,6-11H2,1H3. The molecule has 1 aromatic carbocycles. The fourth-order valence-electron chi connectivity index (χ4n) is 3.38. The fourth-order valence-corrected chi connectivity index (χ4v) is 3.38. The van der Waals surface area contributed by atoms with Crippen LogP contribution in [0.3, 0.4) is 0 Å². The first-order chi connectivity index (χ1) is 9.25. The Morgan fingerprint density at radius 3 is 2.84 bits per heavy atom. The first-order valence-corrected chi connectivity index (χ1v) is 7.36. The second-order valence-corrected chi connectivity index (χ2v) is 5.84. The Hall–Kier alpha value is -1.35. The SMILES string of the molecule is CC1Cc2ccccc2N1C(=O)CC1CCNCC1. The fraction of sp³-hybridized carbons (Fsp3) is 0.562. The Labute approximate surface area is 115 Å². The van der Waals surface area contributed by atoms with Crippen molar-refractivity contribution in [1.29, 1.82) is 0 Å². The molecule has 1 unspecified atom stereocenters. The molecule has 1 fully saturated rings. The van der Waals surface area contributed by atoms with E-state index in [0.717, 1.165) is 38.0 Å². The molecule has 0 spiro atoms. The van der Waals surface area contributed by atoms with Crippen LogP contribution in [0.2, 0.25) is 0 Å². The molecule has 1 saturated heterocycles. The van der Waals surface area contributed by atoms with Gasteiger partial charge < -0.3 is 10.2 Å². The third-order valence-electron chi connectivity index (χ3n) is 4.40. The minimum Gasteiger partial charge on any atom is -0.317 e. The van der Waals surface area contributed by atoms with Crippen molar-refractivity contribution < 1.29 is 4.79 Å². The summed E-state index contributed by atoms with van der Waals surface area (Å²) in [4.78, 5) is 14.6. The van der Waals surface area contributed by atoms with Crippen LogP contribution < -0.4 is 10.2 Å². The largest absolute Gasteiger partial charge is 0.317 e. The molecular formula is C16H22N2O. The lowest BCUT2D eigenvalue weighted by Crippen LogP contribution is -2.38. The van der Waals surface area contributed by atoms with E-state index in [4.69, 9.17) is 0 Å². The van der Waals surface area contributed by atoms with E-state index in [0.29, 0.717) is 24.3 Å². The molecule has 102 valence electrons. The van der Waals surface area contributed by atoms with Crippen molar-refractivity contribution in [3.05, 3.63) is 29.8 Å². The van der Waals surface area contributed by atoms with E-state index in [1.807, 2.05) is 11.0 Å². The molecule has 1 aromatic rings. The minimum atomic E-state index is 0.310. The van der Waals surface area contributed by atoms with Gasteiger partial charge in [-0.3, -0.25) is 4.79 Å². The topological polar surface area (TPSA) is 32.3 Å². The predicted octanol–water partition coefficient (Wildman–Crippen LogP) is 2.35. The lowest BCUT2D eigenvalue weighted by Gasteiger charge is -2.27. The van der Waals surface area contributed by atoms with Crippen LogP contribution in [0, 0.1) is 5.92 Å². The van der Waals surface area contributed by atoms with Crippen LogP contribution in [0.1, 0.15) is 31.7 Å². The second-order valence-electron chi connectivity index (χ2n) is 5.84. The predicted molar refractivity (Wildman–Crippen MR) is 77.3 cm³/mol. The number of anilines is 1. The third-order valence-corrected chi connectivity index (χ3v) is 4.40. The summed E-state index contributed by atoms with van der Waals surface area (Å²) in [5.41, 5.74) is 2.45. The van der Waals surface area contributed by atoms with E-state index in [1.165, 1.54) is 5.56 Å². The average molecular weight is 258 g/mol. The minimum absolute atomic E-state index is 0.310. The van der Waals surface area contributed by atoms with Crippen molar-refractivity contribution in [3.63, 3.8) is 0 Å². The Balaban J connectivity index is 1.72. The molecule has 2 aliphatic heterocycles. The lowest BCUT2D eigenvalue weighted by atomic mass is 9.94. The van der Waals surface area contributed by atoms with Crippen molar-refractivity contribution in [2.75, 3.05) is 18.0 Å². The van der Waals surface area contributed by atoms with Gasteiger partial charge in [-0.05, 0) is 56.8 Å². The zero-order valence-electron chi connectivity index (χ0n) is 11.6. The van der Waals surface area contributed by atoms with Crippen LogP contribution in [-0.2, 0) is 11.2 Å². The van der Waals surface area contributed by atoms with E-state index in [1.54, 1.807) is 0 Å². The molecule has 1 amide bonds. The summed E-state index contributed by atoms with van der Waals surface area (Å²) in [5.74, 6) is 0.873. The van der Waals surface area contributed by atoms with Gasteiger partial charge in [0.1, 0.15) is 0 Å². The van der Waals surface area contributed by atoms with Gasteiger partial charge in [-0.15, -0.1) is 0 Å². The summed E-state index contributed by atoms with van der Waals surface area (Å²) in [6.45, 7) is 4.27.